The number of nitrogens with one attached hydrogen (secondary N) is 1. The zero-order valence-electron chi connectivity index (χ0n) is 9.94. The van der Waals surface area contributed by atoms with Gasteiger partial charge in [0, 0.05) is 18.4 Å². The smallest absolute Gasteiger partial charge is 0.224 e. The lowest BCUT2D eigenvalue weighted by Crippen LogP contribution is -2.13. The molecule has 0 aromatic heterocycles. The highest BCUT2D eigenvalue weighted by molar-refractivity contribution is 7.90. The van der Waals surface area contributed by atoms with E-state index in [1.165, 1.54) is 12.1 Å². The van der Waals surface area contributed by atoms with E-state index in [-0.39, 0.29) is 30.2 Å². The Balaban J connectivity index is 2.47. The van der Waals surface area contributed by atoms with Gasteiger partial charge in [-0.2, -0.15) is 0 Å². The van der Waals surface area contributed by atoms with Crippen LogP contribution >= 0.6 is 0 Å². The SMILES string of the molecule is CS(=O)(=O)CCCC(=O)Nc1ccc(F)c(N)c1. The van der Waals surface area contributed by atoms with Gasteiger partial charge in [-0.05, 0) is 24.6 Å². The average molecular weight is 274 g/mol. The topological polar surface area (TPSA) is 89.3 Å². The summed E-state index contributed by atoms with van der Waals surface area (Å²) in [5, 5.41) is 2.52. The fourth-order valence-corrected chi connectivity index (χ4v) is 2.01. The van der Waals surface area contributed by atoms with Crippen LogP contribution in [0.25, 0.3) is 0 Å². The number of sulfone groups is 1. The van der Waals surface area contributed by atoms with Gasteiger partial charge in [0.2, 0.25) is 5.91 Å². The van der Waals surface area contributed by atoms with Crippen molar-refractivity contribution in [1.29, 1.82) is 0 Å². The molecule has 1 rings (SSSR count). The van der Waals surface area contributed by atoms with Gasteiger partial charge < -0.3 is 11.1 Å². The predicted molar refractivity (Wildman–Crippen MR) is 68.4 cm³/mol. The third kappa shape index (κ3) is 5.13. The molecule has 0 spiro atoms. The van der Waals surface area contributed by atoms with E-state index in [0.717, 1.165) is 12.3 Å². The lowest BCUT2D eigenvalue weighted by atomic mass is 10.2. The van der Waals surface area contributed by atoms with Crippen molar-refractivity contribution in [1.82, 2.24) is 0 Å². The Hall–Kier alpha value is -1.63. The molecule has 5 nitrogen and oxygen atoms in total. The summed E-state index contributed by atoms with van der Waals surface area (Å²) in [6.07, 6.45) is 1.46. The molecule has 0 aliphatic carbocycles. The van der Waals surface area contributed by atoms with Crippen molar-refractivity contribution in [3.05, 3.63) is 24.0 Å². The van der Waals surface area contributed by atoms with E-state index in [0.29, 0.717) is 5.69 Å². The molecule has 7 heteroatoms. The number of rotatable bonds is 5. The molecule has 0 fully saturated rings. The molecule has 0 atom stereocenters. The van der Waals surface area contributed by atoms with Crippen LogP contribution in [0.4, 0.5) is 15.8 Å². The number of halogens is 1. The molecule has 1 aromatic rings. The van der Waals surface area contributed by atoms with E-state index < -0.39 is 15.7 Å². The van der Waals surface area contributed by atoms with Gasteiger partial charge in [0.1, 0.15) is 15.7 Å². The summed E-state index contributed by atoms with van der Waals surface area (Å²) in [5.41, 5.74) is 5.68. The molecule has 0 heterocycles. The molecule has 0 aliphatic rings. The molecule has 18 heavy (non-hydrogen) atoms. The van der Waals surface area contributed by atoms with Gasteiger partial charge in [0.15, 0.2) is 0 Å². The average Bonchev–Trinajstić information content (AvgIpc) is 2.21. The number of nitrogen functional groups attached to an aromatic ring is 1. The number of nitrogens with two attached hydrogens (primary N) is 1. The Bertz CT molecular complexity index is 543. The van der Waals surface area contributed by atoms with Crippen LogP contribution in [0.5, 0.6) is 0 Å². The third-order valence-corrected chi connectivity index (χ3v) is 3.23. The molecule has 0 bridgehead atoms. The first-order valence-electron chi connectivity index (χ1n) is 5.30. The van der Waals surface area contributed by atoms with E-state index in [4.69, 9.17) is 5.73 Å². The van der Waals surface area contributed by atoms with Gasteiger partial charge in [-0.1, -0.05) is 0 Å². The van der Waals surface area contributed by atoms with Crippen molar-refractivity contribution >= 4 is 27.1 Å². The molecular formula is C11H15FN2O3S. The second-order valence-electron chi connectivity index (χ2n) is 4.02. The van der Waals surface area contributed by atoms with Crippen LogP contribution in [0.3, 0.4) is 0 Å². The van der Waals surface area contributed by atoms with Crippen molar-refractivity contribution in [2.75, 3.05) is 23.1 Å². The van der Waals surface area contributed by atoms with Crippen LogP contribution in [0.15, 0.2) is 18.2 Å². The molecule has 3 N–H and O–H groups in total. The fraction of sp³-hybridized carbons (Fsp3) is 0.364. The predicted octanol–water partition coefficient (Wildman–Crippen LogP) is 1.17. The molecule has 1 aromatic carbocycles. The van der Waals surface area contributed by atoms with Crippen molar-refractivity contribution in [3.63, 3.8) is 0 Å². The van der Waals surface area contributed by atoms with Crippen molar-refractivity contribution in [2.24, 2.45) is 0 Å². The number of amides is 1. The maximum atomic E-state index is 12.9. The molecule has 0 saturated heterocycles. The van der Waals surface area contributed by atoms with Gasteiger partial charge in [0.05, 0.1) is 11.4 Å². The summed E-state index contributed by atoms with van der Waals surface area (Å²) in [7, 11) is -3.05. The first-order chi connectivity index (χ1) is 8.28. The first kappa shape index (κ1) is 14.4. The van der Waals surface area contributed by atoms with Crippen LogP contribution < -0.4 is 11.1 Å². The monoisotopic (exact) mass is 274 g/mol. The molecular weight excluding hydrogens is 259 g/mol. The number of anilines is 2. The highest BCUT2D eigenvalue weighted by atomic mass is 32.2. The Morgan fingerprint density at radius 3 is 2.67 bits per heavy atom. The fourth-order valence-electron chi connectivity index (χ4n) is 1.34. The summed E-state index contributed by atoms with van der Waals surface area (Å²) < 4.78 is 34.6. The molecule has 0 saturated carbocycles. The van der Waals surface area contributed by atoms with Crippen LogP contribution in [-0.2, 0) is 14.6 Å². The Labute approximate surface area is 105 Å². The highest BCUT2D eigenvalue weighted by Gasteiger charge is 2.07. The zero-order chi connectivity index (χ0) is 13.8. The minimum atomic E-state index is -3.05. The third-order valence-electron chi connectivity index (χ3n) is 2.20. The van der Waals surface area contributed by atoms with Crippen LogP contribution in [-0.4, -0.2) is 26.3 Å². The van der Waals surface area contributed by atoms with Gasteiger partial charge in [-0.3, -0.25) is 4.79 Å². The number of carbonyl (C=O) groups is 1. The maximum Gasteiger partial charge on any atom is 0.224 e. The normalized spacial score (nSPS) is 11.2. The lowest BCUT2D eigenvalue weighted by Gasteiger charge is -2.06. The Morgan fingerprint density at radius 2 is 2.11 bits per heavy atom. The van der Waals surface area contributed by atoms with Crippen molar-refractivity contribution in [3.8, 4) is 0 Å². The van der Waals surface area contributed by atoms with Crippen LogP contribution in [0, 0.1) is 5.82 Å². The maximum absolute atomic E-state index is 12.9. The van der Waals surface area contributed by atoms with E-state index >= 15 is 0 Å². The molecule has 0 radical (unpaired) electrons. The summed E-state index contributed by atoms with van der Waals surface area (Å²) in [6, 6.07) is 3.85. The first-order valence-corrected chi connectivity index (χ1v) is 7.36. The Morgan fingerprint density at radius 1 is 1.44 bits per heavy atom. The van der Waals surface area contributed by atoms with Gasteiger partial charge in [-0.15, -0.1) is 0 Å². The van der Waals surface area contributed by atoms with Gasteiger partial charge >= 0.3 is 0 Å². The standard InChI is InChI=1S/C11H15FN2O3S/c1-18(16,17)6-2-3-11(15)14-8-4-5-9(12)10(13)7-8/h4-5,7H,2-3,6,13H2,1H3,(H,14,15). The molecule has 0 aliphatic heterocycles. The van der Waals surface area contributed by atoms with E-state index in [1.807, 2.05) is 0 Å². The second-order valence-corrected chi connectivity index (χ2v) is 6.28. The summed E-state index contributed by atoms with van der Waals surface area (Å²) in [5.74, 6) is -0.916. The summed E-state index contributed by atoms with van der Waals surface area (Å²) in [6.45, 7) is 0. The van der Waals surface area contributed by atoms with Gasteiger partial charge in [0.25, 0.3) is 0 Å². The number of hydrogen-bond acceptors (Lipinski definition) is 4. The van der Waals surface area contributed by atoms with Crippen molar-refractivity contribution in [2.45, 2.75) is 12.8 Å². The molecule has 1 amide bonds. The minimum Gasteiger partial charge on any atom is -0.396 e. The van der Waals surface area contributed by atoms with Crippen LogP contribution in [0.2, 0.25) is 0 Å². The van der Waals surface area contributed by atoms with E-state index in [1.54, 1.807) is 0 Å². The minimum absolute atomic E-state index is 0.0357. The zero-order valence-corrected chi connectivity index (χ0v) is 10.8. The number of benzene rings is 1. The molecule has 0 unspecified atom stereocenters. The van der Waals surface area contributed by atoms with E-state index in [2.05, 4.69) is 5.32 Å². The number of carbonyl (C=O) groups excluding carboxylic acids is 1. The highest BCUT2D eigenvalue weighted by Crippen LogP contribution is 2.16. The summed E-state index contributed by atoms with van der Waals surface area (Å²) >= 11 is 0. The van der Waals surface area contributed by atoms with Gasteiger partial charge in [-0.25, -0.2) is 12.8 Å². The number of hydrogen-bond donors (Lipinski definition) is 2. The van der Waals surface area contributed by atoms with E-state index in [9.17, 15) is 17.6 Å². The Kier molecular flexibility index (Phi) is 4.66. The van der Waals surface area contributed by atoms with Crippen LogP contribution in [0.1, 0.15) is 12.8 Å². The largest absolute Gasteiger partial charge is 0.396 e. The van der Waals surface area contributed by atoms with Crippen molar-refractivity contribution < 1.29 is 17.6 Å². The molecule has 100 valence electrons. The lowest BCUT2D eigenvalue weighted by molar-refractivity contribution is -0.116. The summed E-state index contributed by atoms with van der Waals surface area (Å²) in [4.78, 5) is 11.5. The second kappa shape index (κ2) is 5.81. The quantitative estimate of drug-likeness (QED) is 0.789.